The number of nitrogens with two attached hydrogens (primary N) is 1. The third-order valence-electron chi connectivity index (χ3n) is 3.03. The fraction of sp³-hybridized carbons (Fsp3) is 0.250. The lowest BCUT2D eigenvalue weighted by molar-refractivity contribution is 0.602. The largest absolute Gasteiger partial charge is 0.340 e. The summed E-state index contributed by atoms with van der Waals surface area (Å²) in [7, 11) is -3.32. The van der Waals surface area contributed by atoms with Crippen LogP contribution in [0.4, 0.5) is 0 Å². The van der Waals surface area contributed by atoms with Gasteiger partial charge in [0.05, 0.1) is 22.3 Å². The molecule has 0 aliphatic heterocycles. The van der Waals surface area contributed by atoms with E-state index in [1.165, 1.54) is 6.26 Å². The van der Waals surface area contributed by atoms with Crippen molar-refractivity contribution in [1.29, 1.82) is 0 Å². The van der Waals surface area contributed by atoms with Crippen molar-refractivity contribution in [2.45, 2.75) is 18.0 Å². The minimum atomic E-state index is -3.32. The molecule has 2 heterocycles. The van der Waals surface area contributed by atoms with Gasteiger partial charge < -0.3 is 10.7 Å². The molecule has 3 aromatic rings. The summed E-state index contributed by atoms with van der Waals surface area (Å²) in [6, 6.07) is 5.01. The molecule has 3 N–H and O–H groups in total. The summed E-state index contributed by atoms with van der Waals surface area (Å²) in [5.41, 5.74) is 7.28. The molecule has 0 bridgehead atoms. The summed E-state index contributed by atoms with van der Waals surface area (Å²) < 4.78 is 25.1. The predicted molar refractivity (Wildman–Crippen MR) is 76.2 cm³/mol. The van der Waals surface area contributed by atoms with Gasteiger partial charge >= 0.3 is 0 Å². The zero-order chi connectivity index (χ0) is 15.0. The molecule has 21 heavy (non-hydrogen) atoms. The summed E-state index contributed by atoms with van der Waals surface area (Å²) in [4.78, 5) is 7.66. The van der Waals surface area contributed by atoms with Gasteiger partial charge in [0.2, 0.25) is 0 Å². The van der Waals surface area contributed by atoms with E-state index in [-0.39, 0.29) is 4.90 Å². The summed E-state index contributed by atoms with van der Waals surface area (Å²) in [5.74, 6) is 0.606. The van der Waals surface area contributed by atoms with Crippen LogP contribution in [0, 0.1) is 0 Å². The lowest BCUT2D eigenvalue weighted by Gasteiger charge is -1.97. The van der Waals surface area contributed by atoms with Crippen LogP contribution in [0.15, 0.2) is 29.3 Å². The molecule has 9 heteroatoms. The Hall–Kier alpha value is -2.26. The Balaban J connectivity index is 2.01. The monoisotopic (exact) mass is 306 g/mol. The van der Waals surface area contributed by atoms with Gasteiger partial charge in [-0.3, -0.25) is 0 Å². The van der Waals surface area contributed by atoms with Gasteiger partial charge in [-0.2, -0.15) is 0 Å². The average molecular weight is 306 g/mol. The third-order valence-corrected chi connectivity index (χ3v) is 4.16. The summed E-state index contributed by atoms with van der Waals surface area (Å²) in [6.07, 6.45) is 2.89. The molecule has 2 aromatic heterocycles. The first kappa shape index (κ1) is 13.7. The van der Waals surface area contributed by atoms with Gasteiger partial charge in [0.25, 0.3) is 0 Å². The first-order valence-electron chi connectivity index (χ1n) is 6.24. The van der Waals surface area contributed by atoms with E-state index in [9.17, 15) is 8.42 Å². The van der Waals surface area contributed by atoms with Crippen molar-refractivity contribution in [2.75, 3.05) is 6.26 Å². The van der Waals surface area contributed by atoms with Crippen molar-refractivity contribution in [3.8, 4) is 0 Å². The topological polar surface area (TPSA) is 120 Å². The van der Waals surface area contributed by atoms with Crippen LogP contribution in [0.5, 0.6) is 0 Å². The minimum Gasteiger partial charge on any atom is -0.340 e. The second kappa shape index (κ2) is 4.93. The van der Waals surface area contributed by atoms with Crippen molar-refractivity contribution in [2.24, 2.45) is 5.73 Å². The Kier molecular flexibility index (Phi) is 3.22. The van der Waals surface area contributed by atoms with Gasteiger partial charge in [-0.25, -0.2) is 18.1 Å². The fourth-order valence-electron chi connectivity index (χ4n) is 2.09. The SMILES string of the molecule is CS(=O)(=O)c1cccc2[nH]c(Cn3cc(CN)nn3)nc12. The molecule has 0 aliphatic carbocycles. The number of hydrogen-bond donors (Lipinski definition) is 2. The molecule has 110 valence electrons. The lowest BCUT2D eigenvalue weighted by Crippen LogP contribution is -2.02. The predicted octanol–water partition coefficient (Wildman–Crippen LogP) is 0.0649. The number of imidazole rings is 1. The van der Waals surface area contributed by atoms with Crippen LogP contribution in [0.2, 0.25) is 0 Å². The van der Waals surface area contributed by atoms with Crippen LogP contribution in [-0.4, -0.2) is 39.6 Å². The normalized spacial score (nSPS) is 12.1. The van der Waals surface area contributed by atoms with Gasteiger partial charge in [0, 0.05) is 12.8 Å². The molecule has 8 nitrogen and oxygen atoms in total. The minimum absolute atomic E-state index is 0.212. The quantitative estimate of drug-likeness (QED) is 0.703. The van der Waals surface area contributed by atoms with Gasteiger partial charge in [0.15, 0.2) is 9.84 Å². The number of hydrogen-bond acceptors (Lipinski definition) is 6. The molecule has 0 fully saturated rings. The highest BCUT2D eigenvalue weighted by Crippen LogP contribution is 2.21. The van der Waals surface area contributed by atoms with E-state index in [4.69, 9.17) is 5.73 Å². The van der Waals surface area contributed by atoms with E-state index in [0.717, 1.165) is 0 Å². The van der Waals surface area contributed by atoms with E-state index in [2.05, 4.69) is 20.3 Å². The number of sulfone groups is 1. The molecule has 0 amide bonds. The maximum Gasteiger partial charge on any atom is 0.177 e. The lowest BCUT2D eigenvalue weighted by atomic mass is 10.3. The number of benzene rings is 1. The zero-order valence-corrected chi connectivity index (χ0v) is 12.1. The highest BCUT2D eigenvalue weighted by molar-refractivity contribution is 7.91. The van der Waals surface area contributed by atoms with Crippen LogP contribution in [0.25, 0.3) is 11.0 Å². The number of rotatable bonds is 4. The second-order valence-electron chi connectivity index (χ2n) is 4.72. The van der Waals surface area contributed by atoms with Crippen molar-refractivity contribution in [3.05, 3.63) is 35.9 Å². The molecular formula is C12H14N6O2S. The third kappa shape index (κ3) is 2.65. The van der Waals surface area contributed by atoms with Gasteiger partial charge in [-0.05, 0) is 12.1 Å². The van der Waals surface area contributed by atoms with E-state index in [0.29, 0.717) is 35.6 Å². The van der Waals surface area contributed by atoms with Crippen LogP contribution in [-0.2, 0) is 22.9 Å². The van der Waals surface area contributed by atoms with E-state index < -0.39 is 9.84 Å². The highest BCUT2D eigenvalue weighted by Gasteiger charge is 2.15. The number of nitrogens with zero attached hydrogens (tertiary/aromatic N) is 4. The molecular weight excluding hydrogens is 292 g/mol. The highest BCUT2D eigenvalue weighted by atomic mass is 32.2. The summed E-state index contributed by atoms with van der Waals surface area (Å²) in [6.45, 7) is 0.684. The number of fused-ring (bicyclic) bond motifs is 1. The Labute approximate surface area is 120 Å². The number of aromatic nitrogens is 5. The number of aromatic amines is 1. The van der Waals surface area contributed by atoms with Crippen molar-refractivity contribution >= 4 is 20.9 Å². The molecule has 0 saturated heterocycles. The molecule has 0 aliphatic rings. The first-order chi connectivity index (χ1) is 9.97. The smallest absolute Gasteiger partial charge is 0.177 e. The van der Waals surface area contributed by atoms with Crippen molar-refractivity contribution in [1.82, 2.24) is 25.0 Å². The molecule has 0 unspecified atom stereocenters. The maximum absolute atomic E-state index is 11.8. The standard InChI is InChI=1S/C12H14N6O2S/c1-21(19,20)10-4-2-3-9-12(10)15-11(14-9)7-18-6-8(5-13)16-17-18/h2-4,6H,5,7,13H2,1H3,(H,14,15). The first-order valence-corrected chi connectivity index (χ1v) is 8.13. The molecule has 3 rings (SSSR count). The fourth-order valence-corrected chi connectivity index (χ4v) is 2.93. The number of H-pyrrole nitrogens is 1. The Morgan fingerprint density at radius 3 is 2.86 bits per heavy atom. The van der Waals surface area contributed by atoms with E-state index in [1.807, 2.05) is 0 Å². The van der Waals surface area contributed by atoms with Gasteiger partial charge in [-0.1, -0.05) is 11.3 Å². The zero-order valence-electron chi connectivity index (χ0n) is 11.3. The van der Waals surface area contributed by atoms with Crippen molar-refractivity contribution < 1.29 is 8.42 Å². The van der Waals surface area contributed by atoms with Crippen LogP contribution < -0.4 is 5.73 Å². The molecule has 0 radical (unpaired) electrons. The van der Waals surface area contributed by atoms with Crippen LogP contribution in [0.3, 0.4) is 0 Å². The van der Waals surface area contributed by atoms with E-state index in [1.54, 1.807) is 29.1 Å². The molecule has 1 aromatic carbocycles. The summed E-state index contributed by atoms with van der Waals surface area (Å²) in [5, 5.41) is 7.82. The van der Waals surface area contributed by atoms with Crippen molar-refractivity contribution in [3.63, 3.8) is 0 Å². The molecule has 0 saturated carbocycles. The Bertz CT molecular complexity index is 896. The second-order valence-corrected chi connectivity index (χ2v) is 6.70. The Morgan fingerprint density at radius 2 is 2.19 bits per heavy atom. The molecule has 0 spiro atoms. The Morgan fingerprint density at radius 1 is 1.38 bits per heavy atom. The van der Waals surface area contributed by atoms with Gasteiger partial charge in [0.1, 0.15) is 17.9 Å². The average Bonchev–Trinajstić information content (AvgIpc) is 3.02. The van der Waals surface area contributed by atoms with Crippen LogP contribution in [0.1, 0.15) is 11.5 Å². The molecule has 0 atom stereocenters. The van der Waals surface area contributed by atoms with Crippen LogP contribution >= 0.6 is 0 Å². The summed E-state index contributed by atoms with van der Waals surface area (Å²) >= 11 is 0. The number of nitrogens with one attached hydrogen (secondary N) is 1. The number of para-hydroxylation sites is 1. The van der Waals surface area contributed by atoms with E-state index >= 15 is 0 Å². The maximum atomic E-state index is 11.8. The van der Waals surface area contributed by atoms with Gasteiger partial charge in [-0.15, -0.1) is 5.10 Å².